The Labute approximate surface area is 199 Å². The fourth-order valence-corrected chi connectivity index (χ4v) is 4.96. The van der Waals surface area contributed by atoms with Crippen molar-refractivity contribution in [2.75, 3.05) is 11.4 Å². The summed E-state index contributed by atoms with van der Waals surface area (Å²) in [6.07, 6.45) is -0.721. The molecule has 2 aliphatic rings. The zero-order chi connectivity index (χ0) is 24.3. The Balaban J connectivity index is 1.67. The molecule has 0 N–H and O–H groups in total. The molecule has 0 aliphatic carbocycles. The Morgan fingerprint density at radius 2 is 1.77 bits per heavy atom. The highest BCUT2D eigenvalue weighted by Gasteiger charge is 2.39. The van der Waals surface area contributed by atoms with E-state index in [1.54, 1.807) is 36.1 Å². The van der Waals surface area contributed by atoms with Crippen LogP contribution in [0.1, 0.15) is 28.7 Å². The highest BCUT2D eigenvalue weighted by molar-refractivity contribution is 6.21. The monoisotopic (exact) mass is 465 g/mol. The van der Waals surface area contributed by atoms with Gasteiger partial charge in [-0.25, -0.2) is 9.98 Å². The van der Waals surface area contributed by atoms with Gasteiger partial charge in [0.15, 0.2) is 0 Å². The maximum absolute atomic E-state index is 13.9. The van der Waals surface area contributed by atoms with Gasteiger partial charge in [0.05, 0.1) is 27.2 Å². The molecule has 0 bridgehead atoms. The van der Waals surface area contributed by atoms with Crippen LogP contribution in [0.5, 0.6) is 0 Å². The number of fused-ring (bicyclic) bond motifs is 1. The smallest absolute Gasteiger partial charge is 0.272 e. The quantitative estimate of drug-likeness (QED) is 0.339. The zero-order valence-corrected chi connectivity index (χ0v) is 18.7. The number of nitro benzene ring substituents is 1. The third-order valence-electron chi connectivity index (χ3n) is 6.53. The summed E-state index contributed by atoms with van der Waals surface area (Å²) >= 11 is 0. The first-order valence-corrected chi connectivity index (χ1v) is 11.2. The maximum Gasteiger partial charge on any atom is 0.272 e. The molecule has 0 saturated heterocycles. The summed E-state index contributed by atoms with van der Waals surface area (Å²) in [5.41, 5.74) is 3.08. The number of benzene rings is 3. The first-order valence-electron chi connectivity index (χ1n) is 11.2. The van der Waals surface area contributed by atoms with Gasteiger partial charge in [-0.05, 0) is 31.0 Å². The fourth-order valence-electron chi connectivity index (χ4n) is 4.96. The van der Waals surface area contributed by atoms with Crippen molar-refractivity contribution in [1.82, 2.24) is 9.55 Å². The minimum Gasteiger partial charge on any atom is -0.308 e. The van der Waals surface area contributed by atoms with E-state index in [1.165, 1.54) is 16.7 Å². The van der Waals surface area contributed by atoms with Crippen LogP contribution in [0.4, 0.5) is 11.4 Å². The van der Waals surface area contributed by atoms with Crippen LogP contribution < -0.4 is 10.5 Å². The minimum atomic E-state index is -1.20. The Morgan fingerprint density at radius 3 is 2.54 bits per heavy atom. The first kappa shape index (κ1) is 20.9. The number of hydrogen-bond acceptors (Lipinski definition) is 6. The van der Waals surface area contributed by atoms with E-state index < -0.39 is 11.1 Å². The number of aromatic nitrogens is 2. The Kier molecular flexibility index (Phi) is 4.60. The van der Waals surface area contributed by atoms with Crippen LogP contribution in [0.25, 0.3) is 10.9 Å². The lowest BCUT2D eigenvalue weighted by Crippen LogP contribution is -2.39. The summed E-state index contributed by atoms with van der Waals surface area (Å²) in [7, 11) is 0. The molecule has 2 aliphatic heterocycles. The van der Waals surface area contributed by atoms with E-state index in [9.17, 15) is 19.7 Å². The number of para-hydroxylation sites is 1. The molecule has 9 nitrogen and oxygen atoms in total. The van der Waals surface area contributed by atoms with Crippen LogP contribution in [0.2, 0.25) is 0 Å². The van der Waals surface area contributed by atoms with E-state index >= 15 is 0 Å². The van der Waals surface area contributed by atoms with Gasteiger partial charge < -0.3 is 4.90 Å². The van der Waals surface area contributed by atoms with E-state index in [2.05, 4.69) is 4.98 Å². The molecule has 0 unspecified atom stereocenters. The molecule has 6 rings (SSSR count). The zero-order valence-electron chi connectivity index (χ0n) is 18.7. The lowest BCUT2D eigenvalue weighted by molar-refractivity contribution is -0.384. The van der Waals surface area contributed by atoms with Gasteiger partial charge in [0, 0.05) is 29.8 Å². The number of rotatable bonds is 3. The molecule has 0 fully saturated rings. The Morgan fingerprint density at radius 1 is 1.03 bits per heavy atom. The molecule has 3 aromatic carbocycles. The predicted octanol–water partition coefficient (Wildman–Crippen LogP) is 3.55. The van der Waals surface area contributed by atoms with Crippen LogP contribution in [-0.4, -0.2) is 32.6 Å². The average Bonchev–Trinajstić information content (AvgIpc) is 3.25. The van der Waals surface area contributed by atoms with Gasteiger partial charge in [-0.1, -0.05) is 42.5 Å². The van der Waals surface area contributed by atoms with Crippen LogP contribution in [0.15, 0.2) is 76.5 Å². The number of aryl methyl sites for hydroxylation is 1. The van der Waals surface area contributed by atoms with E-state index in [-0.39, 0.29) is 17.2 Å². The van der Waals surface area contributed by atoms with Crippen molar-refractivity contribution < 1.29 is 9.72 Å². The average molecular weight is 465 g/mol. The number of amides is 1. The van der Waals surface area contributed by atoms with Gasteiger partial charge >= 0.3 is 0 Å². The standard InChI is InChI=1S/C26H19N5O4/c1-15-27-21-10-6-5-9-19(21)25(32)30(15)24-26(33)29-12-11-17-13-18(31(34)35)14-20(23(17)29)22(28-24)16-7-3-2-4-8-16/h2-10,13-14,24H,11-12H2,1H3/t24-/m0/s1. The van der Waals surface area contributed by atoms with E-state index in [0.29, 0.717) is 57.8 Å². The van der Waals surface area contributed by atoms with Gasteiger partial charge in [-0.2, -0.15) is 0 Å². The van der Waals surface area contributed by atoms with Crippen LogP contribution >= 0.6 is 0 Å². The van der Waals surface area contributed by atoms with Gasteiger partial charge in [0.2, 0.25) is 6.17 Å². The van der Waals surface area contributed by atoms with Crippen molar-refractivity contribution in [3.8, 4) is 0 Å². The summed E-state index contributed by atoms with van der Waals surface area (Å²) in [6.45, 7) is 2.03. The molecule has 4 aromatic rings. The molecule has 35 heavy (non-hydrogen) atoms. The van der Waals surface area contributed by atoms with Crippen molar-refractivity contribution >= 4 is 33.9 Å². The molecule has 1 amide bonds. The number of aliphatic imine (C=N–C) groups is 1. The normalized spacial score (nSPS) is 16.7. The molecule has 0 spiro atoms. The number of carbonyl (C=O) groups is 1. The summed E-state index contributed by atoms with van der Waals surface area (Å²) < 4.78 is 1.33. The summed E-state index contributed by atoms with van der Waals surface area (Å²) in [5.74, 6) is -0.00775. The number of hydrogen-bond donors (Lipinski definition) is 0. The lowest BCUT2D eigenvalue weighted by atomic mass is 9.97. The largest absolute Gasteiger partial charge is 0.308 e. The third-order valence-corrected chi connectivity index (χ3v) is 6.53. The molecule has 9 heteroatoms. The molecule has 0 radical (unpaired) electrons. The van der Waals surface area contributed by atoms with Gasteiger partial charge in [0.1, 0.15) is 5.82 Å². The Hall–Kier alpha value is -4.66. The second kappa shape index (κ2) is 7.69. The second-order valence-electron chi connectivity index (χ2n) is 8.57. The number of non-ortho nitro benzene ring substituents is 1. The molecule has 0 saturated carbocycles. The number of nitro groups is 1. The molecule has 1 aromatic heterocycles. The van der Waals surface area contributed by atoms with Crippen LogP contribution in [0.3, 0.4) is 0 Å². The van der Waals surface area contributed by atoms with E-state index in [4.69, 9.17) is 4.99 Å². The first-order chi connectivity index (χ1) is 16.9. The third kappa shape index (κ3) is 3.16. The number of anilines is 1. The van der Waals surface area contributed by atoms with Crippen molar-refractivity contribution in [3.63, 3.8) is 0 Å². The molecular weight excluding hydrogens is 446 g/mol. The van der Waals surface area contributed by atoms with Crippen molar-refractivity contribution in [1.29, 1.82) is 0 Å². The number of carbonyl (C=O) groups excluding carboxylic acids is 1. The second-order valence-corrected chi connectivity index (χ2v) is 8.57. The topological polar surface area (TPSA) is 111 Å². The molecular formula is C26H19N5O4. The van der Waals surface area contributed by atoms with E-state index in [1.807, 2.05) is 30.3 Å². The van der Waals surface area contributed by atoms with Crippen molar-refractivity contribution in [2.24, 2.45) is 4.99 Å². The molecule has 1 atom stereocenters. The van der Waals surface area contributed by atoms with Gasteiger partial charge in [-0.15, -0.1) is 0 Å². The summed E-state index contributed by atoms with van der Waals surface area (Å²) in [4.78, 5) is 49.7. The van der Waals surface area contributed by atoms with Crippen LogP contribution in [0, 0.1) is 17.0 Å². The lowest BCUT2D eigenvalue weighted by Gasteiger charge is -2.22. The predicted molar refractivity (Wildman–Crippen MR) is 131 cm³/mol. The van der Waals surface area contributed by atoms with Gasteiger partial charge in [-0.3, -0.25) is 24.3 Å². The fraction of sp³-hybridized carbons (Fsp3) is 0.154. The van der Waals surface area contributed by atoms with Gasteiger partial charge in [0.25, 0.3) is 17.2 Å². The molecule has 172 valence electrons. The molecule has 3 heterocycles. The summed E-state index contributed by atoms with van der Waals surface area (Å²) in [5, 5.41) is 12.1. The number of nitrogens with zero attached hydrogens (tertiary/aromatic N) is 5. The van der Waals surface area contributed by atoms with E-state index in [0.717, 1.165) is 0 Å². The maximum atomic E-state index is 13.9. The van der Waals surface area contributed by atoms with Crippen molar-refractivity contribution in [3.05, 3.63) is 110 Å². The highest BCUT2D eigenvalue weighted by Crippen LogP contribution is 2.40. The van der Waals surface area contributed by atoms with Crippen LogP contribution in [-0.2, 0) is 11.2 Å². The SMILES string of the molecule is Cc1nc2ccccc2c(=O)n1[C@@H]1N=C(c2ccccc2)c2cc([N+](=O)[O-])cc3c2N(CC3)C1=O. The summed E-state index contributed by atoms with van der Waals surface area (Å²) in [6, 6.07) is 19.2. The Bertz CT molecular complexity index is 1640. The van der Waals surface area contributed by atoms with Crippen molar-refractivity contribution in [2.45, 2.75) is 19.5 Å². The minimum absolute atomic E-state index is 0.0594. The highest BCUT2D eigenvalue weighted by atomic mass is 16.6.